The average molecular weight is 345 g/mol. The van der Waals surface area contributed by atoms with E-state index in [0.29, 0.717) is 37.4 Å². The van der Waals surface area contributed by atoms with Gasteiger partial charge >= 0.3 is 6.03 Å². The molecule has 1 spiro atoms. The van der Waals surface area contributed by atoms with Crippen LogP contribution in [0.5, 0.6) is 0 Å². The van der Waals surface area contributed by atoms with Gasteiger partial charge in [-0.3, -0.25) is 19.6 Å². The number of amides is 4. The van der Waals surface area contributed by atoms with Gasteiger partial charge in [-0.1, -0.05) is 0 Å². The second kappa shape index (κ2) is 5.31. The fourth-order valence-corrected chi connectivity index (χ4v) is 4.11. The van der Waals surface area contributed by atoms with Crippen LogP contribution in [0.15, 0.2) is 0 Å². The molecule has 0 bridgehead atoms. The molecule has 0 unspecified atom stereocenters. The van der Waals surface area contributed by atoms with Crippen LogP contribution in [0.3, 0.4) is 0 Å². The second-order valence-corrected chi connectivity index (χ2v) is 7.41. The predicted octanol–water partition coefficient (Wildman–Crippen LogP) is 1.09. The zero-order valence-corrected chi connectivity index (χ0v) is 14.8. The van der Waals surface area contributed by atoms with Crippen molar-refractivity contribution in [3.05, 3.63) is 17.0 Å². The summed E-state index contributed by atoms with van der Waals surface area (Å²) >= 11 is 0. The molecule has 1 N–H and O–H groups in total. The van der Waals surface area contributed by atoms with Gasteiger partial charge in [0.05, 0.1) is 11.3 Å². The highest BCUT2D eigenvalue weighted by Gasteiger charge is 2.55. The standard InChI is InChI=1S/C17H23N5O3/c1-10-12(13(19-18-10)11-4-5-11)14(23)22-8-6-17(7-9-22)15(24)20(2)16(25)21(17)3/h11H,4-9H2,1-3H3,(H,18,19). The number of aromatic amines is 1. The van der Waals surface area contributed by atoms with Gasteiger partial charge < -0.3 is 9.80 Å². The average Bonchev–Trinajstić information content (AvgIpc) is 3.38. The molecule has 3 aliphatic rings. The van der Waals surface area contributed by atoms with E-state index in [1.165, 1.54) is 16.8 Å². The van der Waals surface area contributed by atoms with Crippen molar-refractivity contribution in [3.8, 4) is 0 Å². The SMILES string of the molecule is Cc1[nH]nc(C2CC2)c1C(=O)N1CCC2(CC1)C(=O)N(C)C(=O)N2C. The van der Waals surface area contributed by atoms with Crippen LogP contribution >= 0.6 is 0 Å². The first-order chi connectivity index (χ1) is 11.9. The number of aromatic nitrogens is 2. The summed E-state index contributed by atoms with van der Waals surface area (Å²) in [7, 11) is 3.19. The van der Waals surface area contributed by atoms with E-state index < -0.39 is 5.54 Å². The minimum atomic E-state index is -0.798. The number of likely N-dealkylation sites (tertiary alicyclic amines) is 1. The van der Waals surface area contributed by atoms with Gasteiger partial charge in [0, 0.05) is 38.8 Å². The van der Waals surface area contributed by atoms with Crippen molar-refractivity contribution in [1.82, 2.24) is 24.9 Å². The van der Waals surface area contributed by atoms with E-state index in [0.717, 1.165) is 24.2 Å². The Kier molecular flexibility index (Phi) is 3.42. The molecule has 0 aromatic carbocycles. The van der Waals surface area contributed by atoms with E-state index in [1.807, 2.05) is 6.92 Å². The molecule has 2 saturated heterocycles. The molecule has 2 aliphatic heterocycles. The normalized spacial score (nSPS) is 23.1. The van der Waals surface area contributed by atoms with E-state index in [2.05, 4.69) is 10.2 Å². The van der Waals surface area contributed by atoms with Crippen LogP contribution < -0.4 is 0 Å². The van der Waals surface area contributed by atoms with Crippen molar-refractivity contribution in [3.63, 3.8) is 0 Å². The molecule has 1 saturated carbocycles. The maximum Gasteiger partial charge on any atom is 0.327 e. The number of nitrogens with one attached hydrogen (secondary N) is 1. The van der Waals surface area contributed by atoms with Crippen molar-refractivity contribution in [2.75, 3.05) is 27.2 Å². The van der Waals surface area contributed by atoms with E-state index in [9.17, 15) is 14.4 Å². The van der Waals surface area contributed by atoms with Crippen molar-refractivity contribution in [1.29, 1.82) is 0 Å². The van der Waals surface area contributed by atoms with Crippen LogP contribution in [-0.2, 0) is 4.79 Å². The highest BCUT2D eigenvalue weighted by Crippen LogP contribution is 2.42. The number of urea groups is 1. The summed E-state index contributed by atoms with van der Waals surface area (Å²) < 4.78 is 0. The number of nitrogens with zero attached hydrogens (tertiary/aromatic N) is 4. The maximum atomic E-state index is 13.0. The number of imide groups is 1. The molecule has 0 radical (unpaired) electrons. The molecule has 4 amide bonds. The van der Waals surface area contributed by atoms with Crippen LogP contribution in [0, 0.1) is 6.92 Å². The molecule has 134 valence electrons. The molecular weight excluding hydrogens is 322 g/mol. The number of hydrogen-bond donors (Lipinski definition) is 1. The van der Waals surface area contributed by atoms with E-state index in [4.69, 9.17) is 0 Å². The van der Waals surface area contributed by atoms with Crippen molar-refractivity contribution >= 4 is 17.8 Å². The van der Waals surface area contributed by atoms with Gasteiger partial charge in [0.1, 0.15) is 5.54 Å². The van der Waals surface area contributed by atoms with Crippen molar-refractivity contribution in [2.45, 2.75) is 44.1 Å². The quantitative estimate of drug-likeness (QED) is 0.813. The number of H-pyrrole nitrogens is 1. The molecule has 1 aliphatic carbocycles. The van der Waals surface area contributed by atoms with Gasteiger partial charge in [0.2, 0.25) is 0 Å². The van der Waals surface area contributed by atoms with Gasteiger partial charge in [-0.2, -0.15) is 5.10 Å². The Morgan fingerprint density at radius 2 is 1.84 bits per heavy atom. The Bertz CT molecular complexity index is 758. The summed E-state index contributed by atoms with van der Waals surface area (Å²) in [5, 5.41) is 7.26. The number of hydrogen-bond acceptors (Lipinski definition) is 4. The first-order valence-corrected chi connectivity index (χ1v) is 8.77. The lowest BCUT2D eigenvalue weighted by atomic mass is 9.86. The Morgan fingerprint density at radius 1 is 1.20 bits per heavy atom. The minimum Gasteiger partial charge on any atom is -0.338 e. The monoisotopic (exact) mass is 345 g/mol. The van der Waals surface area contributed by atoms with Crippen molar-refractivity contribution < 1.29 is 14.4 Å². The van der Waals surface area contributed by atoms with Gasteiger partial charge in [-0.15, -0.1) is 0 Å². The Hall–Kier alpha value is -2.38. The third kappa shape index (κ3) is 2.19. The fourth-order valence-electron chi connectivity index (χ4n) is 4.11. The molecule has 8 nitrogen and oxygen atoms in total. The van der Waals surface area contributed by atoms with E-state index in [1.54, 1.807) is 11.9 Å². The highest BCUT2D eigenvalue weighted by atomic mass is 16.2. The number of carbonyl (C=O) groups excluding carboxylic acids is 3. The molecule has 1 aromatic heterocycles. The summed E-state index contributed by atoms with van der Waals surface area (Å²) in [5.41, 5.74) is 1.58. The maximum absolute atomic E-state index is 13.0. The largest absolute Gasteiger partial charge is 0.338 e. The predicted molar refractivity (Wildman–Crippen MR) is 89.1 cm³/mol. The van der Waals surface area contributed by atoms with Crippen LogP contribution in [-0.4, -0.2) is 75.5 Å². The third-order valence-electron chi connectivity index (χ3n) is 5.95. The van der Waals surface area contributed by atoms with Gasteiger partial charge in [-0.25, -0.2) is 4.79 Å². The molecule has 1 aromatic rings. The van der Waals surface area contributed by atoms with Crippen molar-refractivity contribution in [2.24, 2.45) is 0 Å². The van der Waals surface area contributed by atoms with Gasteiger partial charge in [0.15, 0.2) is 0 Å². The molecule has 4 rings (SSSR count). The molecule has 0 atom stereocenters. The van der Waals surface area contributed by atoms with Crippen LogP contribution in [0.1, 0.15) is 53.3 Å². The number of aryl methyl sites for hydroxylation is 1. The van der Waals surface area contributed by atoms with E-state index in [-0.39, 0.29) is 17.8 Å². The Labute approximate surface area is 146 Å². The highest BCUT2D eigenvalue weighted by molar-refractivity contribution is 6.07. The fraction of sp³-hybridized carbons (Fsp3) is 0.647. The zero-order valence-electron chi connectivity index (χ0n) is 14.8. The lowest BCUT2D eigenvalue weighted by Crippen LogP contribution is -2.56. The molecule has 3 fully saturated rings. The lowest BCUT2D eigenvalue weighted by Gasteiger charge is -2.40. The summed E-state index contributed by atoms with van der Waals surface area (Å²) in [6.07, 6.45) is 3.11. The molecule has 25 heavy (non-hydrogen) atoms. The summed E-state index contributed by atoms with van der Waals surface area (Å²) in [4.78, 5) is 42.2. The number of piperidine rings is 1. The molecule has 8 heteroatoms. The minimum absolute atomic E-state index is 0.0178. The topological polar surface area (TPSA) is 89.6 Å². The molecular formula is C17H23N5O3. The van der Waals surface area contributed by atoms with E-state index >= 15 is 0 Å². The van der Waals surface area contributed by atoms with Crippen LogP contribution in [0.25, 0.3) is 0 Å². The number of likely N-dealkylation sites (N-methyl/N-ethyl adjacent to an activating group) is 2. The number of rotatable bonds is 2. The Balaban J connectivity index is 1.53. The lowest BCUT2D eigenvalue weighted by molar-refractivity contribution is -0.134. The van der Waals surface area contributed by atoms with Crippen LogP contribution in [0.2, 0.25) is 0 Å². The second-order valence-electron chi connectivity index (χ2n) is 7.41. The first-order valence-electron chi connectivity index (χ1n) is 8.77. The summed E-state index contributed by atoms with van der Waals surface area (Å²) in [5.74, 6) is 0.217. The Morgan fingerprint density at radius 3 is 2.36 bits per heavy atom. The number of carbonyl (C=O) groups is 3. The van der Waals surface area contributed by atoms with Gasteiger partial charge in [-0.05, 0) is 32.6 Å². The third-order valence-corrected chi connectivity index (χ3v) is 5.95. The van der Waals surface area contributed by atoms with Crippen LogP contribution in [0.4, 0.5) is 4.79 Å². The summed E-state index contributed by atoms with van der Waals surface area (Å²) in [6, 6.07) is -0.272. The zero-order chi connectivity index (χ0) is 17.9. The molecule has 3 heterocycles. The van der Waals surface area contributed by atoms with Gasteiger partial charge in [0.25, 0.3) is 11.8 Å². The smallest absolute Gasteiger partial charge is 0.327 e. The first kappa shape index (κ1) is 16.1. The summed E-state index contributed by atoms with van der Waals surface area (Å²) in [6.45, 7) is 2.80.